The Morgan fingerprint density at radius 2 is 1.71 bits per heavy atom. The van der Waals surface area contributed by atoms with Crippen molar-refractivity contribution >= 4 is 29.5 Å². The van der Waals surface area contributed by atoms with Gasteiger partial charge in [-0.15, -0.1) is 0 Å². The highest BCUT2D eigenvalue weighted by atomic mass is 16.2. The average Bonchev–Trinajstić information content (AvgIpc) is 3.35. The molecule has 1 aliphatic heterocycles. The Labute approximate surface area is 207 Å². The first kappa shape index (κ1) is 26.9. The molecule has 1 heterocycles. The van der Waals surface area contributed by atoms with Crippen LogP contribution in [-0.4, -0.2) is 65.7 Å². The molecule has 1 saturated heterocycles. The number of urea groups is 1. The van der Waals surface area contributed by atoms with E-state index in [1.165, 1.54) is 0 Å². The molecule has 10 heteroatoms. The van der Waals surface area contributed by atoms with Gasteiger partial charge in [0.05, 0.1) is 6.04 Å². The molecule has 3 rings (SSSR count). The molecule has 2 saturated carbocycles. The van der Waals surface area contributed by atoms with Crippen molar-refractivity contribution < 1.29 is 24.0 Å². The number of rotatable bonds is 10. The molecule has 3 aliphatic rings. The van der Waals surface area contributed by atoms with Crippen molar-refractivity contribution in [2.24, 2.45) is 28.9 Å². The fourth-order valence-corrected chi connectivity index (χ4v) is 5.48. The Kier molecular flexibility index (Phi) is 8.43. The molecule has 5 amide bonds. The first-order valence-corrected chi connectivity index (χ1v) is 12.9. The maximum Gasteiger partial charge on any atom is 0.312 e. The monoisotopic (exact) mass is 491 g/mol. The van der Waals surface area contributed by atoms with E-state index in [0.29, 0.717) is 31.8 Å². The van der Waals surface area contributed by atoms with Crippen LogP contribution in [0.2, 0.25) is 0 Å². The molecule has 196 valence electrons. The van der Waals surface area contributed by atoms with E-state index in [2.05, 4.69) is 16.0 Å². The molecule has 0 spiro atoms. The van der Waals surface area contributed by atoms with Crippen molar-refractivity contribution in [1.82, 2.24) is 20.9 Å². The number of hydrogen-bond acceptors (Lipinski definition) is 5. The molecule has 0 aromatic carbocycles. The van der Waals surface area contributed by atoms with Gasteiger partial charge in [-0.3, -0.25) is 19.2 Å². The summed E-state index contributed by atoms with van der Waals surface area (Å²) in [5.74, 6) is -1.59. The van der Waals surface area contributed by atoms with Gasteiger partial charge in [0.25, 0.3) is 5.91 Å². The lowest BCUT2D eigenvalue weighted by Gasteiger charge is -2.36. The minimum atomic E-state index is -0.911. The predicted molar refractivity (Wildman–Crippen MR) is 130 cm³/mol. The Bertz CT molecular complexity index is 850. The number of nitrogens with one attached hydrogen (secondary N) is 3. The lowest BCUT2D eigenvalue weighted by Crippen LogP contribution is -2.60. The molecule has 0 unspecified atom stereocenters. The number of Topliss-reactive ketones (excluding diaryl/α,β-unsaturated/α-hetero) is 1. The maximum atomic E-state index is 13.7. The third-order valence-electron chi connectivity index (χ3n) is 7.50. The quantitative estimate of drug-likeness (QED) is 0.337. The molecule has 0 aromatic rings. The third kappa shape index (κ3) is 6.52. The van der Waals surface area contributed by atoms with Crippen LogP contribution in [0.1, 0.15) is 72.6 Å². The molecule has 2 aliphatic carbocycles. The highest BCUT2D eigenvalue weighted by molar-refractivity contribution is 6.38. The summed E-state index contributed by atoms with van der Waals surface area (Å²) < 4.78 is 0. The smallest absolute Gasteiger partial charge is 0.312 e. The fourth-order valence-electron chi connectivity index (χ4n) is 5.48. The van der Waals surface area contributed by atoms with E-state index in [1.807, 2.05) is 27.7 Å². The standard InChI is InChI=1S/C25H41N5O5/c1-5-11-27-22(33)19(31)17(12-14-9-10-14)28-21(32)18-16-8-6-7-15(16)13-30(18)23(34)20(25(2,3)4)29-24(26)35/h14-18,20H,5-13H2,1-4H3,(H,27,33)(H,28,32)(H3,26,29,35)/t15-,16-,17-,18-,20+/m0/s1. The molecular weight excluding hydrogens is 450 g/mol. The average molecular weight is 492 g/mol. The summed E-state index contributed by atoms with van der Waals surface area (Å²) in [7, 11) is 0. The van der Waals surface area contributed by atoms with Gasteiger partial charge in [-0.1, -0.05) is 47.0 Å². The summed E-state index contributed by atoms with van der Waals surface area (Å²) in [5, 5.41) is 8.01. The topological polar surface area (TPSA) is 151 Å². The number of nitrogens with zero attached hydrogens (tertiary/aromatic N) is 1. The van der Waals surface area contributed by atoms with Crippen LogP contribution in [-0.2, 0) is 19.2 Å². The van der Waals surface area contributed by atoms with Crippen molar-refractivity contribution in [2.75, 3.05) is 13.1 Å². The van der Waals surface area contributed by atoms with Crippen LogP contribution in [0.15, 0.2) is 0 Å². The van der Waals surface area contributed by atoms with E-state index in [9.17, 15) is 24.0 Å². The van der Waals surface area contributed by atoms with Crippen molar-refractivity contribution in [2.45, 2.75) is 90.8 Å². The van der Waals surface area contributed by atoms with Gasteiger partial charge >= 0.3 is 6.03 Å². The van der Waals surface area contributed by atoms with Gasteiger partial charge in [0.2, 0.25) is 17.6 Å². The summed E-state index contributed by atoms with van der Waals surface area (Å²) >= 11 is 0. The molecule has 10 nitrogen and oxygen atoms in total. The third-order valence-corrected chi connectivity index (χ3v) is 7.50. The van der Waals surface area contributed by atoms with Gasteiger partial charge in [0, 0.05) is 13.1 Å². The molecule has 0 aromatic heterocycles. The Morgan fingerprint density at radius 1 is 1.03 bits per heavy atom. The van der Waals surface area contributed by atoms with Crippen molar-refractivity contribution in [3.05, 3.63) is 0 Å². The van der Waals surface area contributed by atoms with Crippen LogP contribution in [0.25, 0.3) is 0 Å². The van der Waals surface area contributed by atoms with Gasteiger partial charge in [-0.2, -0.15) is 0 Å². The molecule has 35 heavy (non-hydrogen) atoms. The number of primary amides is 1. The molecule has 0 bridgehead atoms. The lowest BCUT2D eigenvalue weighted by molar-refractivity contribution is -0.144. The Hall–Kier alpha value is -2.65. The highest BCUT2D eigenvalue weighted by Gasteiger charge is 2.52. The van der Waals surface area contributed by atoms with Gasteiger partial charge < -0.3 is 26.6 Å². The molecule has 5 N–H and O–H groups in total. The fraction of sp³-hybridized carbons (Fsp3) is 0.800. The second kappa shape index (κ2) is 11.0. The van der Waals surface area contributed by atoms with Gasteiger partial charge in [0.15, 0.2) is 0 Å². The Balaban J connectivity index is 1.81. The lowest BCUT2D eigenvalue weighted by atomic mass is 9.85. The maximum absolute atomic E-state index is 13.7. The van der Waals surface area contributed by atoms with E-state index in [-0.39, 0.29) is 17.7 Å². The van der Waals surface area contributed by atoms with Crippen LogP contribution < -0.4 is 21.7 Å². The number of hydrogen-bond donors (Lipinski definition) is 4. The minimum absolute atomic E-state index is 0.0151. The second-order valence-electron chi connectivity index (χ2n) is 11.5. The van der Waals surface area contributed by atoms with Crippen LogP contribution in [0, 0.1) is 23.2 Å². The van der Waals surface area contributed by atoms with Crippen LogP contribution in [0.5, 0.6) is 0 Å². The van der Waals surface area contributed by atoms with Gasteiger partial charge in [-0.25, -0.2) is 4.79 Å². The van der Waals surface area contributed by atoms with Gasteiger partial charge in [-0.05, 0) is 48.9 Å². The van der Waals surface area contributed by atoms with Crippen molar-refractivity contribution in [3.63, 3.8) is 0 Å². The number of fused-ring (bicyclic) bond motifs is 1. The molecular formula is C25H41N5O5. The first-order valence-electron chi connectivity index (χ1n) is 12.9. The second-order valence-corrected chi connectivity index (χ2v) is 11.5. The highest BCUT2D eigenvalue weighted by Crippen LogP contribution is 2.43. The van der Waals surface area contributed by atoms with E-state index in [1.54, 1.807) is 4.90 Å². The molecule has 0 radical (unpaired) electrons. The van der Waals surface area contributed by atoms with Crippen LogP contribution in [0.3, 0.4) is 0 Å². The zero-order valence-electron chi connectivity index (χ0n) is 21.4. The number of carbonyl (C=O) groups excluding carboxylic acids is 5. The number of ketones is 1. The van der Waals surface area contributed by atoms with E-state index >= 15 is 0 Å². The number of amides is 5. The Morgan fingerprint density at radius 3 is 2.29 bits per heavy atom. The molecule has 5 atom stereocenters. The van der Waals surface area contributed by atoms with E-state index < -0.39 is 47.2 Å². The van der Waals surface area contributed by atoms with Gasteiger partial charge in [0.1, 0.15) is 12.1 Å². The summed E-state index contributed by atoms with van der Waals surface area (Å²) in [6.45, 7) is 8.21. The number of carbonyl (C=O) groups is 5. The zero-order valence-corrected chi connectivity index (χ0v) is 21.4. The summed E-state index contributed by atoms with van der Waals surface area (Å²) in [6.07, 6.45) is 5.79. The van der Waals surface area contributed by atoms with E-state index in [0.717, 1.165) is 32.1 Å². The van der Waals surface area contributed by atoms with Crippen molar-refractivity contribution in [1.29, 1.82) is 0 Å². The molecule has 3 fully saturated rings. The predicted octanol–water partition coefficient (Wildman–Crippen LogP) is 1.08. The number of likely N-dealkylation sites (tertiary alicyclic amines) is 1. The summed E-state index contributed by atoms with van der Waals surface area (Å²) in [5.41, 5.74) is 4.73. The zero-order chi connectivity index (χ0) is 25.9. The minimum Gasteiger partial charge on any atom is -0.352 e. The SMILES string of the molecule is CCCNC(=O)C(=O)[C@H](CC1CC1)NC(=O)[C@@H]1[C@H]2CCC[C@H]2CN1C(=O)[C@@H](NC(N)=O)C(C)(C)C. The normalized spacial score (nSPS) is 25.4. The number of nitrogens with two attached hydrogens (primary N) is 1. The van der Waals surface area contributed by atoms with Crippen LogP contribution in [0.4, 0.5) is 4.79 Å². The first-order chi connectivity index (χ1) is 16.4. The van der Waals surface area contributed by atoms with E-state index in [4.69, 9.17) is 5.73 Å². The largest absolute Gasteiger partial charge is 0.352 e. The summed E-state index contributed by atoms with van der Waals surface area (Å²) in [4.78, 5) is 65.8. The summed E-state index contributed by atoms with van der Waals surface area (Å²) in [6, 6.07) is -3.35. The van der Waals surface area contributed by atoms with Crippen LogP contribution >= 0.6 is 0 Å². The van der Waals surface area contributed by atoms with Crippen molar-refractivity contribution in [3.8, 4) is 0 Å².